The zero-order valence-corrected chi connectivity index (χ0v) is 11.9. The summed E-state index contributed by atoms with van der Waals surface area (Å²) in [6, 6.07) is 4.42. The molecule has 0 unspecified atom stereocenters. The smallest absolute Gasteiger partial charge is 0.136 e. The van der Waals surface area contributed by atoms with Gasteiger partial charge in [-0.1, -0.05) is 0 Å². The lowest BCUT2D eigenvalue weighted by molar-refractivity contribution is 0.471. The summed E-state index contributed by atoms with van der Waals surface area (Å²) in [6.07, 6.45) is 1.57. The zero-order valence-electron chi connectivity index (χ0n) is 9.48. The maximum absolute atomic E-state index is 4.21. The number of halogens is 1. The van der Waals surface area contributed by atoms with Crippen molar-refractivity contribution < 1.29 is 0 Å². The van der Waals surface area contributed by atoms with Gasteiger partial charge >= 0.3 is 0 Å². The van der Waals surface area contributed by atoms with Gasteiger partial charge in [0.25, 0.3) is 0 Å². The average Bonchev–Trinajstić information content (AvgIpc) is 2.70. The van der Waals surface area contributed by atoms with E-state index in [-0.39, 0.29) is 0 Å². The van der Waals surface area contributed by atoms with Gasteiger partial charge in [-0.2, -0.15) is 0 Å². The Labute approximate surface area is 117 Å². The third-order valence-electron chi connectivity index (χ3n) is 2.62. The minimum absolute atomic E-state index is 0.476. The van der Waals surface area contributed by atoms with Gasteiger partial charge in [0.05, 0.1) is 11.0 Å². The molecule has 2 aromatic heterocycles. The Morgan fingerprint density at radius 1 is 1.28 bits per heavy atom. The molecule has 0 spiro atoms. The molecule has 7 heteroatoms. The number of rotatable bonds is 4. The van der Waals surface area contributed by atoms with Gasteiger partial charge in [0.15, 0.2) is 0 Å². The molecule has 94 valence electrons. The van der Waals surface area contributed by atoms with Gasteiger partial charge < -0.3 is 16.0 Å². The Morgan fingerprint density at radius 2 is 2.11 bits per heavy atom. The highest BCUT2D eigenvalue weighted by atomic mass is 79.9. The SMILES string of the molecule is Brc1csc(Nc2cc(NC3CNC3)ncn2)c1. The Hall–Kier alpha value is -1.18. The fourth-order valence-electron chi connectivity index (χ4n) is 1.61. The number of anilines is 3. The molecule has 0 atom stereocenters. The van der Waals surface area contributed by atoms with Crippen LogP contribution in [0.3, 0.4) is 0 Å². The van der Waals surface area contributed by atoms with E-state index in [1.54, 1.807) is 17.7 Å². The van der Waals surface area contributed by atoms with Crippen molar-refractivity contribution in [3.8, 4) is 0 Å². The summed E-state index contributed by atoms with van der Waals surface area (Å²) in [4.78, 5) is 8.42. The number of aromatic nitrogens is 2. The lowest BCUT2D eigenvalue weighted by Crippen LogP contribution is -2.51. The molecule has 1 fully saturated rings. The first-order valence-corrected chi connectivity index (χ1v) is 7.27. The minimum Gasteiger partial charge on any atom is -0.365 e. The summed E-state index contributed by atoms with van der Waals surface area (Å²) in [5.41, 5.74) is 0. The van der Waals surface area contributed by atoms with Crippen LogP contribution in [0.15, 0.2) is 28.3 Å². The van der Waals surface area contributed by atoms with E-state index in [9.17, 15) is 0 Å². The van der Waals surface area contributed by atoms with E-state index in [4.69, 9.17) is 0 Å². The molecular formula is C11H12BrN5S. The van der Waals surface area contributed by atoms with Crippen LogP contribution in [-0.2, 0) is 0 Å². The molecule has 0 bridgehead atoms. The summed E-state index contributed by atoms with van der Waals surface area (Å²) in [7, 11) is 0. The van der Waals surface area contributed by atoms with Gasteiger partial charge in [-0.3, -0.25) is 0 Å². The van der Waals surface area contributed by atoms with Crippen LogP contribution in [0.1, 0.15) is 0 Å². The molecule has 0 aliphatic carbocycles. The molecule has 0 saturated carbocycles. The van der Waals surface area contributed by atoms with Gasteiger partial charge in [0, 0.05) is 29.0 Å². The van der Waals surface area contributed by atoms with Crippen LogP contribution in [-0.4, -0.2) is 29.1 Å². The summed E-state index contributed by atoms with van der Waals surface area (Å²) in [5.74, 6) is 1.66. The molecule has 1 saturated heterocycles. The molecule has 1 aliphatic rings. The van der Waals surface area contributed by atoms with Gasteiger partial charge in [-0.25, -0.2) is 9.97 Å². The van der Waals surface area contributed by atoms with E-state index in [2.05, 4.69) is 41.8 Å². The van der Waals surface area contributed by atoms with E-state index >= 15 is 0 Å². The van der Waals surface area contributed by atoms with Crippen LogP contribution in [0, 0.1) is 0 Å². The number of hydrogen-bond donors (Lipinski definition) is 3. The van der Waals surface area contributed by atoms with Crippen LogP contribution < -0.4 is 16.0 Å². The summed E-state index contributed by atoms with van der Waals surface area (Å²) in [5, 5.41) is 12.9. The Balaban J connectivity index is 1.69. The quantitative estimate of drug-likeness (QED) is 0.805. The first-order valence-electron chi connectivity index (χ1n) is 5.60. The minimum atomic E-state index is 0.476. The molecule has 2 aromatic rings. The van der Waals surface area contributed by atoms with E-state index in [0.717, 1.165) is 34.2 Å². The van der Waals surface area contributed by atoms with Crippen molar-refractivity contribution in [3.05, 3.63) is 28.3 Å². The van der Waals surface area contributed by atoms with E-state index < -0.39 is 0 Å². The number of nitrogens with zero attached hydrogens (tertiary/aromatic N) is 2. The molecule has 0 amide bonds. The molecule has 1 aliphatic heterocycles. The van der Waals surface area contributed by atoms with Gasteiger partial charge in [0.2, 0.25) is 0 Å². The molecule has 3 rings (SSSR count). The van der Waals surface area contributed by atoms with Crippen molar-refractivity contribution >= 4 is 43.9 Å². The highest BCUT2D eigenvalue weighted by molar-refractivity contribution is 9.10. The third-order valence-corrected chi connectivity index (χ3v) is 4.23. The second-order valence-corrected chi connectivity index (χ2v) is 5.87. The Morgan fingerprint density at radius 3 is 2.78 bits per heavy atom. The first-order chi connectivity index (χ1) is 8.79. The molecule has 18 heavy (non-hydrogen) atoms. The fraction of sp³-hybridized carbons (Fsp3) is 0.273. The summed E-state index contributed by atoms with van der Waals surface area (Å²) in [6.45, 7) is 1.98. The van der Waals surface area contributed by atoms with E-state index in [1.807, 2.05) is 17.5 Å². The fourth-order valence-corrected chi connectivity index (χ4v) is 2.94. The van der Waals surface area contributed by atoms with Gasteiger partial charge in [-0.05, 0) is 22.0 Å². The number of nitrogens with one attached hydrogen (secondary N) is 3. The predicted octanol–water partition coefficient (Wildman–Crippen LogP) is 2.43. The number of hydrogen-bond acceptors (Lipinski definition) is 6. The molecular weight excluding hydrogens is 314 g/mol. The highest BCUT2D eigenvalue weighted by Gasteiger charge is 2.16. The average molecular weight is 326 g/mol. The Bertz CT molecular complexity index is 540. The van der Waals surface area contributed by atoms with Gasteiger partial charge in [-0.15, -0.1) is 11.3 Å². The molecule has 3 N–H and O–H groups in total. The molecule has 5 nitrogen and oxygen atoms in total. The van der Waals surface area contributed by atoms with Crippen molar-refractivity contribution in [2.75, 3.05) is 23.7 Å². The second-order valence-electron chi connectivity index (χ2n) is 4.04. The highest BCUT2D eigenvalue weighted by Crippen LogP contribution is 2.27. The van der Waals surface area contributed by atoms with Crippen LogP contribution in [0.2, 0.25) is 0 Å². The summed E-state index contributed by atoms with van der Waals surface area (Å²) < 4.78 is 1.07. The lowest BCUT2D eigenvalue weighted by Gasteiger charge is -2.28. The van der Waals surface area contributed by atoms with Crippen LogP contribution in [0.5, 0.6) is 0 Å². The largest absolute Gasteiger partial charge is 0.365 e. The first kappa shape index (κ1) is 11.9. The maximum atomic E-state index is 4.21. The monoisotopic (exact) mass is 325 g/mol. The van der Waals surface area contributed by atoms with Crippen molar-refractivity contribution in [1.29, 1.82) is 0 Å². The van der Waals surface area contributed by atoms with E-state index in [0.29, 0.717) is 6.04 Å². The van der Waals surface area contributed by atoms with Crippen molar-refractivity contribution in [2.45, 2.75) is 6.04 Å². The molecule has 3 heterocycles. The van der Waals surface area contributed by atoms with E-state index in [1.165, 1.54) is 0 Å². The van der Waals surface area contributed by atoms with Crippen LogP contribution in [0.4, 0.5) is 16.6 Å². The van der Waals surface area contributed by atoms with Crippen molar-refractivity contribution in [1.82, 2.24) is 15.3 Å². The lowest BCUT2D eigenvalue weighted by atomic mass is 10.2. The maximum Gasteiger partial charge on any atom is 0.136 e. The number of thiophene rings is 1. The van der Waals surface area contributed by atoms with Crippen LogP contribution in [0.25, 0.3) is 0 Å². The standard InChI is InChI=1S/C11H12BrN5S/c12-7-1-11(18-5-7)17-10-2-9(14-6-15-10)16-8-3-13-4-8/h1-2,5-6,8,13H,3-4H2,(H2,14,15,16,17). The molecule has 0 aromatic carbocycles. The summed E-state index contributed by atoms with van der Waals surface area (Å²) >= 11 is 5.06. The van der Waals surface area contributed by atoms with Gasteiger partial charge in [0.1, 0.15) is 18.0 Å². The second kappa shape index (κ2) is 5.21. The van der Waals surface area contributed by atoms with Crippen LogP contribution >= 0.6 is 27.3 Å². The van der Waals surface area contributed by atoms with Crippen molar-refractivity contribution in [2.24, 2.45) is 0 Å². The topological polar surface area (TPSA) is 61.9 Å². The molecule has 0 radical (unpaired) electrons. The zero-order chi connectivity index (χ0) is 12.4. The predicted molar refractivity (Wildman–Crippen MR) is 77.6 cm³/mol. The third kappa shape index (κ3) is 2.80. The Kier molecular flexibility index (Phi) is 3.44. The normalized spacial score (nSPS) is 15.2. The van der Waals surface area contributed by atoms with Crippen molar-refractivity contribution in [3.63, 3.8) is 0 Å².